The fraction of sp³-hybridized carbons (Fsp3) is 0.400. The van der Waals surface area contributed by atoms with Gasteiger partial charge in [0.15, 0.2) is 11.5 Å². The number of aliphatic hydroxyl groups is 1. The molecule has 0 spiro atoms. The summed E-state index contributed by atoms with van der Waals surface area (Å²) in [7, 11) is 0. The molecule has 0 amide bonds. The standard InChI is InChI=1S/C30H33FN10O3/c1-17(2)41-25-20(26(43)38-41)7-8-23(34-25)35-29-32-15-21(24(36-29)33-22(16-42)18-3-5-19(31)6-4-18)27-37-28(39-44-27)30-9-12-40(13-10-30)14-11-30/h3-8,15,17,22,42H,9-14,16H2,1-2H3,(H,38,43)(H2,32,33,34,35,36)/t22-/m1/s1. The van der Waals surface area contributed by atoms with E-state index in [-0.39, 0.29) is 41.3 Å². The van der Waals surface area contributed by atoms with E-state index in [2.05, 4.69) is 35.8 Å². The van der Waals surface area contributed by atoms with Gasteiger partial charge < -0.3 is 25.2 Å². The summed E-state index contributed by atoms with van der Waals surface area (Å²) >= 11 is 0. The summed E-state index contributed by atoms with van der Waals surface area (Å²) in [5, 5.41) is 24.4. The van der Waals surface area contributed by atoms with Crippen LogP contribution in [0.5, 0.6) is 0 Å². The van der Waals surface area contributed by atoms with Crippen molar-refractivity contribution in [1.82, 2.24) is 39.8 Å². The molecule has 5 aromatic rings. The molecule has 4 N–H and O–H groups in total. The molecule has 0 aliphatic carbocycles. The molecule has 13 nitrogen and oxygen atoms in total. The molecule has 1 atom stereocenters. The van der Waals surface area contributed by atoms with Gasteiger partial charge in [-0.1, -0.05) is 17.3 Å². The number of hydrogen-bond donors (Lipinski definition) is 4. The first-order chi connectivity index (χ1) is 21.3. The molecule has 44 heavy (non-hydrogen) atoms. The summed E-state index contributed by atoms with van der Waals surface area (Å²) < 4.78 is 21.1. The molecule has 228 valence electrons. The lowest BCUT2D eigenvalue weighted by molar-refractivity contribution is 0.0747. The summed E-state index contributed by atoms with van der Waals surface area (Å²) in [6.07, 6.45) is 4.53. The van der Waals surface area contributed by atoms with E-state index < -0.39 is 6.04 Å². The van der Waals surface area contributed by atoms with E-state index in [1.807, 2.05) is 13.8 Å². The SMILES string of the molecule is CC(C)n1[nH]c(=O)c2ccc(Nc3ncc(-c4nc(C56CCN(CC5)CC6)no4)c(N[C@H](CO)c4ccc(F)cc4)n3)nc21. The number of aliphatic hydroxyl groups excluding tert-OH is 1. The summed E-state index contributed by atoms with van der Waals surface area (Å²) in [5.74, 6) is 1.56. The Morgan fingerprint density at radius 2 is 1.82 bits per heavy atom. The molecule has 4 aromatic heterocycles. The molecule has 3 saturated heterocycles. The van der Waals surface area contributed by atoms with Gasteiger partial charge in [-0.05, 0) is 82.6 Å². The number of H-pyrrole nitrogens is 1. The monoisotopic (exact) mass is 600 g/mol. The molecule has 14 heteroatoms. The minimum atomic E-state index is -0.615. The third-order valence-corrected chi connectivity index (χ3v) is 8.73. The quantitative estimate of drug-likeness (QED) is 0.194. The molecular formula is C30H33FN10O3. The smallest absolute Gasteiger partial charge is 0.273 e. The van der Waals surface area contributed by atoms with Gasteiger partial charge in [-0.25, -0.2) is 14.4 Å². The Labute approximate surface area is 251 Å². The zero-order chi connectivity index (χ0) is 30.4. The van der Waals surface area contributed by atoms with E-state index in [1.165, 1.54) is 12.1 Å². The van der Waals surface area contributed by atoms with Crippen molar-refractivity contribution in [2.24, 2.45) is 0 Å². The van der Waals surface area contributed by atoms with Crippen molar-refractivity contribution in [2.75, 3.05) is 36.9 Å². The number of nitrogens with zero attached hydrogens (tertiary/aromatic N) is 7. The second-order valence-corrected chi connectivity index (χ2v) is 11.8. The first-order valence-corrected chi connectivity index (χ1v) is 14.8. The Morgan fingerprint density at radius 3 is 2.52 bits per heavy atom. The lowest BCUT2D eigenvalue weighted by Crippen LogP contribution is -2.51. The summed E-state index contributed by atoms with van der Waals surface area (Å²) in [6, 6.07) is 8.65. The van der Waals surface area contributed by atoms with Crippen molar-refractivity contribution >= 4 is 28.6 Å². The normalized spacial score (nSPS) is 20.3. The van der Waals surface area contributed by atoms with Crippen LogP contribution in [0.25, 0.3) is 22.5 Å². The van der Waals surface area contributed by atoms with Crippen LogP contribution in [0.3, 0.4) is 0 Å². The van der Waals surface area contributed by atoms with Crippen molar-refractivity contribution in [3.8, 4) is 11.5 Å². The molecule has 3 fully saturated rings. The van der Waals surface area contributed by atoms with Gasteiger partial charge in [0.1, 0.15) is 23.0 Å². The van der Waals surface area contributed by atoms with Crippen LogP contribution in [0, 0.1) is 5.82 Å². The van der Waals surface area contributed by atoms with Crippen LogP contribution < -0.4 is 16.2 Å². The Kier molecular flexibility index (Phi) is 7.09. The van der Waals surface area contributed by atoms with Crippen molar-refractivity contribution < 1.29 is 14.0 Å². The Morgan fingerprint density at radius 1 is 1.07 bits per heavy atom. The van der Waals surface area contributed by atoms with E-state index in [1.54, 1.807) is 35.1 Å². The molecule has 0 saturated carbocycles. The van der Waals surface area contributed by atoms with Crippen LogP contribution in [-0.4, -0.2) is 71.1 Å². The number of aromatic nitrogens is 7. The summed E-state index contributed by atoms with van der Waals surface area (Å²) in [4.78, 5) is 33.5. The predicted octanol–water partition coefficient (Wildman–Crippen LogP) is 3.91. The highest BCUT2D eigenvalue weighted by molar-refractivity contribution is 5.77. The van der Waals surface area contributed by atoms with E-state index in [9.17, 15) is 14.3 Å². The number of hydrogen-bond acceptors (Lipinski definition) is 11. The number of aromatic amines is 1. The number of fused-ring (bicyclic) bond motifs is 4. The Balaban J connectivity index is 1.25. The zero-order valence-corrected chi connectivity index (χ0v) is 24.4. The molecule has 7 heterocycles. The van der Waals surface area contributed by atoms with Gasteiger partial charge in [-0.2, -0.15) is 9.97 Å². The molecule has 1 aromatic carbocycles. The van der Waals surface area contributed by atoms with Crippen LogP contribution in [0.2, 0.25) is 0 Å². The van der Waals surface area contributed by atoms with Gasteiger partial charge in [0.2, 0.25) is 5.95 Å². The second-order valence-electron chi connectivity index (χ2n) is 11.8. The van der Waals surface area contributed by atoms with Crippen LogP contribution in [-0.2, 0) is 5.41 Å². The molecule has 8 rings (SSSR count). The minimum absolute atomic E-state index is 0.00356. The number of halogens is 1. The highest BCUT2D eigenvalue weighted by Crippen LogP contribution is 2.42. The molecule has 3 aliphatic rings. The van der Waals surface area contributed by atoms with E-state index in [0.29, 0.717) is 39.6 Å². The molecular weight excluding hydrogens is 567 g/mol. The molecule has 0 radical (unpaired) electrons. The van der Waals surface area contributed by atoms with Crippen LogP contribution >= 0.6 is 0 Å². The number of anilines is 3. The number of pyridine rings is 1. The predicted molar refractivity (Wildman–Crippen MR) is 161 cm³/mol. The van der Waals surface area contributed by atoms with Crippen LogP contribution in [0.4, 0.5) is 22.0 Å². The molecule has 3 aliphatic heterocycles. The summed E-state index contributed by atoms with van der Waals surface area (Å²) in [6.45, 7) is 6.68. The highest BCUT2D eigenvalue weighted by Gasteiger charge is 2.44. The van der Waals surface area contributed by atoms with E-state index in [4.69, 9.17) is 14.5 Å². The zero-order valence-electron chi connectivity index (χ0n) is 24.4. The third-order valence-electron chi connectivity index (χ3n) is 8.73. The van der Waals surface area contributed by atoms with Crippen molar-refractivity contribution in [1.29, 1.82) is 0 Å². The maximum atomic E-state index is 13.6. The molecule has 2 bridgehead atoms. The maximum Gasteiger partial charge on any atom is 0.273 e. The van der Waals surface area contributed by atoms with Crippen molar-refractivity contribution in [3.63, 3.8) is 0 Å². The number of piperidine rings is 3. The van der Waals surface area contributed by atoms with E-state index in [0.717, 1.165) is 38.9 Å². The number of benzene rings is 1. The summed E-state index contributed by atoms with van der Waals surface area (Å²) in [5.41, 5.74) is 1.31. The largest absolute Gasteiger partial charge is 0.394 e. The topological polar surface area (TPSA) is 163 Å². The molecule has 0 unspecified atom stereocenters. The number of nitrogens with one attached hydrogen (secondary N) is 3. The van der Waals surface area contributed by atoms with Crippen molar-refractivity contribution in [3.05, 3.63) is 70.2 Å². The maximum absolute atomic E-state index is 13.6. The average molecular weight is 601 g/mol. The lowest BCUT2D eigenvalue weighted by Gasteiger charge is -2.46. The minimum Gasteiger partial charge on any atom is -0.394 e. The third kappa shape index (κ3) is 5.09. The van der Waals surface area contributed by atoms with Gasteiger partial charge >= 0.3 is 0 Å². The first-order valence-electron chi connectivity index (χ1n) is 14.8. The second kappa shape index (κ2) is 11.1. The van der Waals surface area contributed by atoms with Gasteiger partial charge in [0.25, 0.3) is 11.4 Å². The van der Waals surface area contributed by atoms with E-state index >= 15 is 0 Å². The van der Waals surface area contributed by atoms with Gasteiger partial charge in [-0.15, -0.1) is 0 Å². The Bertz CT molecular complexity index is 1840. The van der Waals surface area contributed by atoms with Gasteiger partial charge in [0, 0.05) is 17.7 Å². The number of rotatable bonds is 9. The van der Waals surface area contributed by atoms with Crippen molar-refractivity contribution in [2.45, 2.75) is 50.6 Å². The van der Waals surface area contributed by atoms with Gasteiger partial charge in [-0.3, -0.25) is 14.6 Å². The first kappa shape index (κ1) is 28.1. The van der Waals surface area contributed by atoms with Crippen LogP contribution in [0.15, 0.2) is 51.9 Å². The fourth-order valence-corrected chi connectivity index (χ4v) is 6.10. The Hall–Kier alpha value is -4.69. The fourth-order valence-electron chi connectivity index (χ4n) is 6.10. The van der Waals surface area contributed by atoms with Crippen LogP contribution in [0.1, 0.15) is 56.6 Å². The highest BCUT2D eigenvalue weighted by atomic mass is 19.1. The van der Waals surface area contributed by atoms with Gasteiger partial charge in [0.05, 0.1) is 18.0 Å². The average Bonchev–Trinajstić information content (AvgIpc) is 3.67. The lowest BCUT2D eigenvalue weighted by atomic mass is 9.71.